The van der Waals surface area contributed by atoms with Crippen molar-refractivity contribution in [1.29, 1.82) is 0 Å². The lowest BCUT2D eigenvalue weighted by Gasteiger charge is -2.32. The molecule has 0 spiro atoms. The summed E-state index contributed by atoms with van der Waals surface area (Å²) in [5, 5.41) is 6.36. The SMILES string of the molecule is CCC1CCC(N2C=NN(C)CC2)C1. The summed E-state index contributed by atoms with van der Waals surface area (Å²) >= 11 is 0. The van der Waals surface area contributed by atoms with Crippen LogP contribution in [0.5, 0.6) is 0 Å². The van der Waals surface area contributed by atoms with E-state index in [1.165, 1.54) is 25.7 Å². The fourth-order valence-electron chi connectivity index (χ4n) is 2.53. The van der Waals surface area contributed by atoms with E-state index in [9.17, 15) is 0 Å². The van der Waals surface area contributed by atoms with Gasteiger partial charge in [-0.05, 0) is 25.2 Å². The van der Waals surface area contributed by atoms with Crippen molar-refractivity contribution in [2.75, 3.05) is 20.1 Å². The molecule has 14 heavy (non-hydrogen) atoms. The van der Waals surface area contributed by atoms with E-state index in [1.54, 1.807) is 0 Å². The first-order valence-corrected chi connectivity index (χ1v) is 5.80. The topological polar surface area (TPSA) is 18.8 Å². The molecule has 2 aliphatic rings. The van der Waals surface area contributed by atoms with Crippen LogP contribution in [0, 0.1) is 5.92 Å². The Balaban J connectivity index is 1.88. The number of likely N-dealkylation sites (N-methyl/N-ethyl adjacent to an activating group) is 1. The van der Waals surface area contributed by atoms with E-state index in [4.69, 9.17) is 0 Å². The Morgan fingerprint density at radius 3 is 2.79 bits per heavy atom. The molecule has 1 aliphatic carbocycles. The Kier molecular flexibility index (Phi) is 2.94. The summed E-state index contributed by atoms with van der Waals surface area (Å²) in [6.45, 7) is 4.54. The van der Waals surface area contributed by atoms with Gasteiger partial charge in [-0.2, -0.15) is 5.10 Å². The van der Waals surface area contributed by atoms with Crippen LogP contribution >= 0.6 is 0 Å². The first kappa shape index (κ1) is 9.81. The normalized spacial score (nSPS) is 32.7. The molecule has 3 heteroatoms. The number of hydrazone groups is 1. The van der Waals surface area contributed by atoms with E-state index in [2.05, 4.69) is 16.9 Å². The van der Waals surface area contributed by atoms with Crippen molar-refractivity contribution in [2.45, 2.75) is 38.6 Å². The van der Waals surface area contributed by atoms with Crippen LogP contribution in [0.1, 0.15) is 32.6 Å². The van der Waals surface area contributed by atoms with Gasteiger partial charge in [0.1, 0.15) is 6.34 Å². The van der Waals surface area contributed by atoms with Gasteiger partial charge < -0.3 is 4.90 Å². The maximum atomic E-state index is 4.34. The van der Waals surface area contributed by atoms with Crippen molar-refractivity contribution in [3.05, 3.63) is 0 Å². The Morgan fingerprint density at radius 1 is 1.36 bits per heavy atom. The summed E-state index contributed by atoms with van der Waals surface area (Å²) in [7, 11) is 2.04. The van der Waals surface area contributed by atoms with E-state index in [1.807, 2.05) is 18.4 Å². The molecule has 1 aliphatic heterocycles. The molecule has 0 saturated heterocycles. The zero-order chi connectivity index (χ0) is 9.97. The zero-order valence-electron chi connectivity index (χ0n) is 9.32. The molecule has 1 saturated carbocycles. The quantitative estimate of drug-likeness (QED) is 0.668. The highest BCUT2D eigenvalue weighted by Gasteiger charge is 2.27. The van der Waals surface area contributed by atoms with Crippen LogP contribution in [0.3, 0.4) is 0 Å². The van der Waals surface area contributed by atoms with Crippen LogP contribution < -0.4 is 0 Å². The summed E-state index contributed by atoms with van der Waals surface area (Å²) < 4.78 is 0. The van der Waals surface area contributed by atoms with E-state index in [0.717, 1.165) is 25.0 Å². The summed E-state index contributed by atoms with van der Waals surface area (Å²) in [4.78, 5) is 2.44. The summed E-state index contributed by atoms with van der Waals surface area (Å²) in [5.41, 5.74) is 0. The highest BCUT2D eigenvalue weighted by atomic mass is 15.5. The van der Waals surface area contributed by atoms with Gasteiger partial charge in [0.2, 0.25) is 0 Å². The van der Waals surface area contributed by atoms with Gasteiger partial charge in [-0.25, -0.2) is 0 Å². The van der Waals surface area contributed by atoms with Crippen molar-refractivity contribution in [1.82, 2.24) is 9.91 Å². The van der Waals surface area contributed by atoms with Crippen molar-refractivity contribution < 1.29 is 0 Å². The highest BCUT2D eigenvalue weighted by Crippen LogP contribution is 2.31. The van der Waals surface area contributed by atoms with Crippen LogP contribution in [0.25, 0.3) is 0 Å². The van der Waals surface area contributed by atoms with E-state index >= 15 is 0 Å². The molecule has 2 unspecified atom stereocenters. The fourth-order valence-corrected chi connectivity index (χ4v) is 2.53. The predicted molar refractivity (Wildman–Crippen MR) is 59.2 cm³/mol. The molecule has 2 rings (SSSR count). The molecule has 0 radical (unpaired) electrons. The summed E-state index contributed by atoms with van der Waals surface area (Å²) in [5.74, 6) is 0.966. The molecule has 0 aromatic rings. The molecular formula is C11H21N3. The van der Waals surface area contributed by atoms with Crippen molar-refractivity contribution >= 4 is 6.34 Å². The third-order valence-electron chi connectivity index (χ3n) is 3.64. The van der Waals surface area contributed by atoms with Gasteiger partial charge in [0.25, 0.3) is 0 Å². The molecular weight excluding hydrogens is 174 g/mol. The van der Waals surface area contributed by atoms with Gasteiger partial charge in [0.05, 0.1) is 6.54 Å². The van der Waals surface area contributed by atoms with Crippen molar-refractivity contribution in [2.24, 2.45) is 11.0 Å². The van der Waals surface area contributed by atoms with Crippen molar-refractivity contribution in [3.63, 3.8) is 0 Å². The number of nitrogens with zero attached hydrogens (tertiary/aromatic N) is 3. The first-order valence-electron chi connectivity index (χ1n) is 5.80. The van der Waals surface area contributed by atoms with Crippen LogP contribution in [-0.4, -0.2) is 42.4 Å². The maximum absolute atomic E-state index is 4.34. The zero-order valence-corrected chi connectivity index (χ0v) is 9.32. The van der Waals surface area contributed by atoms with Crippen molar-refractivity contribution in [3.8, 4) is 0 Å². The number of hydrogen-bond acceptors (Lipinski definition) is 3. The van der Waals surface area contributed by atoms with Crippen LogP contribution in [0.4, 0.5) is 0 Å². The third-order valence-corrected chi connectivity index (χ3v) is 3.64. The first-order chi connectivity index (χ1) is 6.79. The van der Waals surface area contributed by atoms with Gasteiger partial charge in [0, 0.05) is 19.6 Å². The predicted octanol–water partition coefficient (Wildman–Crippen LogP) is 1.76. The Bertz CT molecular complexity index is 215. The lowest BCUT2D eigenvalue weighted by Crippen LogP contribution is -2.41. The maximum Gasteiger partial charge on any atom is 0.111 e. The molecule has 80 valence electrons. The molecule has 2 atom stereocenters. The highest BCUT2D eigenvalue weighted by molar-refractivity contribution is 5.55. The third kappa shape index (κ3) is 2.02. The Hall–Kier alpha value is -0.730. The smallest absolute Gasteiger partial charge is 0.111 e. The van der Waals surface area contributed by atoms with Gasteiger partial charge in [-0.1, -0.05) is 13.3 Å². The number of rotatable bonds is 2. The van der Waals surface area contributed by atoms with E-state index < -0.39 is 0 Å². The minimum Gasteiger partial charge on any atom is -0.356 e. The lowest BCUT2D eigenvalue weighted by atomic mass is 10.1. The van der Waals surface area contributed by atoms with Gasteiger partial charge in [-0.15, -0.1) is 0 Å². The van der Waals surface area contributed by atoms with Gasteiger partial charge in [0.15, 0.2) is 0 Å². The largest absolute Gasteiger partial charge is 0.356 e. The molecule has 0 amide bonds. The molecule has 0 bridgehead atoms. The standard InChI is InChI=1S/C11H21N3/c1-3-10-4-5-11(8-10)14-7-6-13(2)12-9-14/h9-11H,3-8H2,1-2H3. The number of hydrogen-bond donors (Lipinski definition) is 0. The van der Waals surface area contributed by atoms with E-state index in [0.29, 0.717) is 0 Å². The molecule has 3 nitrogen and oxygen atoms in total. The molecule has 0 aromatic heterocycles. The molecule has 0 aromatic carbocycles. The van der Waals surface area contributed by atoms with Crippen LogP contribution in [-0.2, 0) is 0 Å². The average molecular weight is 195 g/mol. The Labute approximate surface area is 86.8 Å². The summed E-state index contributed by atoms with van der Waals surface area (Å²) in [6, 6.07) is 0.775. The minimum absolute atomic E-state index is 0.775. The van der Waals surface area contributed by atoms with Gasteiger partial charge >= 0.3 is 0 Å². The Morgan fingerprint density at radius 2 is 2.21 bits per heavy atom. The fraction of sp³-hybridized carbons (Fsp3) is 0.909. The van der Waals surface area contributed by atoms with Gasteiger partial charge in [-0.3, -0.25) is 5.01 Å². The monoisotopic (exact) mass is 195 g/mol. The second-order valence-electron chi connectivity index (χ2n) is 4.59. The lowest BCUT2D eigenvalue weighted by molar-refractivity contribution is 0.227. The minimum atomic E-state index is 0.775. The van der Waals surface area contributed by atoms with E-state index in [-0.39, 0.29) is 0 Å². The second kappa shape index (κ2) is 4.20. The molecule has 1 heterocycles. The van der Waals surface area contributed by atoms with Crippen LogP contribution in [0.2, 0.25) is 0 Å². The van der Waals surface area contributed by atoms with Crippen LogP contribution in [0.15, 0.2) is 5.10 Å². The molecule has 0 N–H and O–H groups in total. The summed E-state index contributed by atoms with van der Waals surface area (Å²) in [6.07, 6.45) is 7.55. The second-order valence-corrected chi connectivity index (χ2v) is 4.59. The molecule has 1 fully saturated rings. The average Bonchev–Trinajstić information content (AvgIpc) is 2.67.